The van der Waals surface area contributed by atoms with Gasteiger partial charge in [0, 0.05) is 10.1 Å². The molecule has 0 radical (unpaired) electrons. The lowest BCUT2D eigenvalue weighted by atomic mass is 11.0. The van der Waals surface area contributed by atoms with Crippen LogP contribution in [0.4, 0.5) is 0 Å². The minimum atomic E-state index is 0. The first-order valence-corrected chi connectivity index (χ1v) is 13.0. The van der Waals surface area contributed by atoms with Crippen LogP contribution in [0.15, 0.2) is 0 Å². The predicted molar refractivity (Wildman–Crippen MR) is 180 cm³/mol. The molecule has 0 spiro atoms. The molecule has 0 aromatic rings. The van der Waals surface area contributed by atoms with Crippen LogP contribution in [0.3, 0.4) is 0 Å². The molecule has 0 aliphatic rings. The van der Waals surface area contributed by atoms with Crippen LogP contribution in [0.25, 0.3) is 0 Å². The van der Waals surface area contributed by atoms with E-state index in [1.807, 2.05) is 180 Å². The van der Waals surface area contributed by atoms with Crippen molar-refractivity contribution in [3.8, 4) is 0 Å². The predicted octanol–water partition coefficient (Wildman–Crippen LogP) is 16.7. The number of rotatable bonds is 0. The third-order valence-electron chi connectivity index (χ3n) is 0. The fourth-order valence-corrected chi connectivity index (χ4v) is 0. The van der Waals surface area contributed by atoms with Crippen molar-refractivity contribution in [3.63, 3.8) is 0 Å². The van der Waals surface area contributed by atoms with Gasteiger partial charge in [0.05, 0.1) is 0 Å². The van der Waals surface area contributed by atoms with Gasteiger partial charge < -0.3 is 0 Å². The lowest BCUT2D eigenvalue weighted by molar-refractivity contribution is 1.50. The minimum absolute atomic E-state index is 0. The van der Waals surface area contributed by atoms with Crippen LogP contribution in [0, 0.1) is 0 Å². The second kappa shape index (κ2) is 0. The van der Waals surface area contributed by atoms with Crippen molar-refractivity contribution >= 4 is 0 Å². The molecule has 0 amide bonds. The van der Waals surface area contributed by atoms with Gasteiger partial charge in [-0.2, -0.15) is 0 Å². The quantitative estimate of drug-likeness (QED) is 0.339. The van der Waals surface area contributed by atoms with Gasteiger partial charge >= 0.3 is 0 Å². The highest BCUT2D eigenvalue weighted by atomic mass is 13.0. The molecule has 0 saturated carbocycles. The van der Waals surface area contributed by atoms with E-state index in [1.54, 1.807) is 0 Å². The van der Waals surface area contributed by atoms with Gasteiger partial charge in [-0.3, -0.25) is 0 Å². The van der Waals surface area contributed by atoms with E-state index in [-0.39, 0.29) is 29.4 Å². The van der Waals surface area contributed by atoms with Crippen LogP contribution in [-0.2, 0) is 0 Å². The highest BCUT2D eigenvalue weighted by Gasteiger charge is 0.956. The first-order valence-electron chi connectivity index (χ1n) is 14.0. The maximum atomic E-state index is 5.00. The number of hydrogen-bond donors (Lipinski definition) is 0. The maximum absolute atomic E-state index is 5.00. The maximum Gasteiger partial charge on any atom is 0 e. The summed E-state index contributed by atoms with van der Waals surface area (Å²) in [7, 11) is 0. The van der Waals surface area contributed by atoms with Gasteiger partial charge in [0.15, 0.2) is 0 Å². The summed E-state index contributed by atoms with van der Waals surface area (Å²) in [4.78, 5) is 0. The normalized spacial score (nSPS) is 2.97. The molecule has 0 bridgehead atoms. The Morgan fingerprint density at radius 1 is 0.172 bits per heavy atom. The van der Waals surface area contributed by atoms with E-state index in [2.05, 4.69) is 0 Å². The Bertz CT molecular complexity index is 25.6. The summed E-state index contributed by atoms with van der Waals surface area (Å²) in [5, 5.41) is 0. The molecule has 0 heterocycles. The smallest absolute Gasteiger partial charge is 0 e. The molecule has 0 aliphatic heterocycles. The molecule has 0 aromatic carbocycles. The van der Waals surface area contributed by atoms with Gasteiger partial charge in [0.1, 0.15) is 0 Å². The Morgan fingerprint density at radius 2 is 0.172 bits per heavy atom. The Kier molecular flexibility index (Phi) is 0. The second-order valence-corrected chi connectivity index (χ2v) is 0. The van der Waals surface area contributed by atoms with E-state index in [0.29, 0.717) is 0 Å². The van der Waals surface area contributed by atoms with Gasteiger partial charge in [0.2, 0.25) is 0 Å². The molecular formula is C29H102. The topological polar surface area (TPSA) is 0 Å². The van der Waals surface area contributed by atoms with Gasteiger partial charge in [-0.25, -0.2) is 0 Å². The molecule has 0 saturated heterocycles. The van der Waals surface area contributed by atoms with Crippen LogP contribution in [0.1, 0.15) is 212 Å². The molecule has 0 aromatic heterocycles. The van der Waals surface area contributed by atoms with Crippen LogP contribution in [0.2, 0.25) is 0 Å². The fraction of sp³-hybridized carbons (Fsp3) is 1.00. The first kappa shape index (κ1) is 116. The van der Waals surface area contributed by atoms with E-state index in [9.17, 15) is 0 Å². The molecular weight excluding hydrogens is 348 g/mol. The third-order valence-corrected chi connectivity index (χ3v) is 0. The van der Waals surface area contributed by atoms with Crippen molar-refractivity contribution in [2.24, 2.45) is 0 Å². The molecule has 29 heavy (non-hydrogen) atoms. The molecule has 0 N–H and O–H groups in total. The lowest BCUT2D eigenvalue weighted by Crippen LogP contribution is -0.856. The average Bonchev–Trinajstić information content (AvgIpc) is 2.95. The molecule has 0 rings (SSSR count). The zero-order valence-corrected chi connectivity index (χ0v) is 26.0. The zero-order valence-electron chi connectivity index (χ0n) is 28.0. The highest BCUT2D eigenvalue weighted by Crippen LogP contribution is 1.17. The molecule has 0 nitrogen and oxygen atoms in total. The van der Waals surface area contributed by atoms with Crippen molar-refractivity contribution in [3.05, 3.63) is 0 Å². The Morgan fingerprint density at radius 3 is 0.172 bits per heavy atom. The van der Waals surface area contributed by atoms with Crippen molar-refractivity contribution < 1.29 is 10.1 Å². The summed E-state index contributed by atoms with van der Waals surface area (Å²) in [6.45, 7) is 52.0. The molecule has 0 unspecified atom stereocenters. The number of hydrogen-bond acceptors (Lipinski definition) is 0. The fourth-order valence-electron chi connectivity index (χ4n) is 0. The van der Waals surface area contributed by atoms with Gasteiger partial charge in [-0.1, -0.05) is 202 Å². The van der Waals surface area contributed by atoms with E-state index in [0.717, 1.165) is 0 Å². The van der Waals surface area contributed by atoms with Gasteiger partial charge in [0.25, 0.3) is 0 Å². The van der Waals surface area contributed by atoms with Crippen LogP contribution in [-0.4, -0.2) is 0 Å². The zero-order chi connectivity index (χ0) is 28.0. The van der Waals surface area contributed by atoms with Gasteiger partial charge in [-0.15, -0.1) is 0 Å². The average molecular weight is 458 g/mol. The SMILES string of the molecule is C.C.C.CC.CC.CC.CC.CC.CC.CC.CC.CC.CC.CC.CC.CC.[2HH].[2HH].[2HH].[2HH].[2HH].[2H][2H]. The first-order chi connectivity index (χ1) is 14.0. The van der Waals surface area contributed by atoms with Crippen LogP contribution < -0.4 is 0 Å². The summed E-state index contributed by atoms with van der Waals surface area (Å²) < 4.78 is 10.0. The Hall–Kier alpha value is 0. The van der Waals surface area contributed by atoms with Crippen molar-refractivity contribution in [1.82, 2.24) is 0 Å². The van der Waals surface area contributed by atoms with Crippen molar-refractivity contribution in [2.45, 2.75) is 202 Å². The van der Waals surface area contributed by atoms with Crippen LogP contribution in [0.5, 0.6) is 0 Å². The van der Waals surface area contributed by atoms with Crippen molar-refractivity contribution in [2.75, 3.05) is 0 Å². The summed E-state index contributed by atoms with van der Waals surface area (Å²) >= 11 is 0. The monoisotopic (exact) mass is 458 g/mol. The van der Waals surface area contributed by atoms with E-state index in [1.165, 1.54) is 0 Å². The molecule has 0 heteroatoms. The summed E-state index contributed by atoms with van der Waals surface area (Å²) in [5.41, 5.74) is 0. The van der Waals surface area contributed by atoms with E-state index >= 15 is 0 Å². The highest BCUT2D eigenvalue weighted by molar-refractivity contribution is 3.53. The molecule has 218 valence electrons. The molecule has 0 fully saturated rings. The summed E-state index contributed by atoms with van der Waals surface area (Å²) in [6, 6.07) is 0. The largest absolute Gasteiger partial charge is 0.0776 e. The van der Waals surface area contributed by atoms with Crippen LogP contribution >= 0.6 is 0 Å². The van der Waals surface area contributed by atoms with Crippen molar-refractivity contribution in [1.29, 1.82) is 0 Å². The molecule has 0 atom stereocenters. The van der Waals surface area contributed by atoms with E-state index in [4.69, 9.17) is 2.97 Å². The Labute approximate surface area is 213 Å². The Balaban J connectivity index is -0.00000000288. The second-order valence-electron chi connectivity index (χ2n) is 0. The van der Waals surface area contributed by atoms with E-state index < -0.39 is 0 Å². The molecule has 0 aliphatic carbocycles. The third kappa shape index (κ3) is 0. The standard InChI is InChI=1S/13C2H6.3CH4.6H2/c13*1-2;;;;;;;;;/h13*1-2H3;3*1H4;6*1H/i;;;;;;;;;;;;;;;;1+1D;5*1+1. The van der Waals surface area contributed by atoms with Gasteiger partial charge in [-0.05, 0) is 0 Å². The minimum Gasteiger partial charge on any atom is -0.0776 e. The summed E-state index contributed by atoms with van der Waals surface area (Å²) in [6.07, 6.45) is 0. The summed E-state index contributed by atoms with van der Waals surface area (Å²) in [5.74, 6) is 0. The lowest BCUT2D eigenvalue weighted by Gasteiger charge is -1.07.